The summed E-state index contributed by atoms with van der Waals surface area (Å²) in [4.78, 5) is 1.25. The standard InChI is InChI=1S/C9H7BrOS/c1-5-9(10)7-4-6(11)2-3-8(7)12-5/h2-4,11H,1H3. The monoisotopic (exact) mass is 242 g/mol. The predicted molar refractivity (Wildman–Crippen MR) is 55.9 cm³/mol. The average Bonchev–Trinajstić information content (AvgIpc) is 2.31. The number of hydrogen-bond donors (Lipinski definition) is 1. The first-order chi connectivity index (χ1) is 5.68. The van der Waals surface area contributed by atoms with Crippen molar-refractivity contribution < 1.29 is 5.11 Å². The van der Waals surface area contributed by atoms with Crippen LogP contribution >= 0.6 is 27.3 Å². The van der Waals surface area contributed by atoms with Gasteiger partial charge in [0.25, 0.3) is 0 Å². The van der Waals surface area contributed by atoms with Crippen LogP contribution < -0.4 is 0 Å². The molecule has 3 heteroatoms. The van der Waals surface area contributed by atoms with Gasteiger partial charge in [-0.1, -0.05) is 0 Å². The highest BCUT2D eigenvalue weighted by molar-refractivity contribution is 9.10. The number of halogens is 1. The van der Waals surface area contributed by atoms with E-state index in [-0.39, 0.29) is 0 Å². The molecule has 1 nitrogen and oxygen atoms in total. The van der Waals surface area contributed by atoms with Gasteiger partial charge in [-0.2, -0.15) is 0 Å². The highest BCUT2D eigenvalue weighted by atomic mass is 79.9. The molecular formula is C9H7BrOS. The number of phenolic OH excluding ortho intramolecular Hbond substituents is 1. The van der Waals surface area contributed by atoms with Crippen molar-refractivity contribution in [3.05, 3.63) is 27.5 Å². The summed E-state index contributed by atoms with van der Waals surface area (Å²) in [6, 6.07) is 5.43. The molecule has 0 atom stereocenters. The Morgan fingerprint density at radius 2 is 2.17 bits per heavy atom. The Labute approximate surface area is 82.8 Å². The molecule has 0 saturated carbocycles. The van der Waals surface area contributed by atoms with Gasteiger partial charge in [-0.15, -0.1) is 11.3 Å². The van der Waals surface area contributed by atoms with Gasteiger partial charge < -0.3 is 5.11 Å². The lowest BCUT2D eigenvalue weighted by Gasteiger charge is -1.91. The summed E-state index contributed by atoms with van der Waals surface area (Å²) in [5, 5.41) is 10.3. The predicted octanol–water partition coefficient (Wildman–Crippen LogP) is 3.68. The minimum atomic E-state index is 0.320. The minimum Gasteiger partial charge on any atom is -0.508 e. The second-order valence-corrected chi connectivity index (χ2v) is 4.70. The van der Waals surface area contributed by atoms with Gasteiger partial charge in [0.15, 0.2) is 0 Å². The summed E-state index contributed by atoms with van der Waals surface area (Å²) in [5.74, 6) is 0.320. The SMILES string of the molecule is Cc1sc2ccc(O)cc2c1Br. The molecule has 0 aliphatic heterocycles. The van der Waals surface area contributed by atoms with Gasteiger partial charge in [-0.25, -0.2) is 0 Å². The quantitative estimate of drug-likeness (QED) is 0.748. The first-order valence-corrected chi connectivity index (χ1v) is 5.17. The second-order valence-electron chi connectivity index (χ2n) is 2.65. The van der Waals surface area contributed by atoms with Gasteiger partial charge in [0.2, 0.25) is 0 Å². The van der Waals surface area contributed by atoms with Gasteiger partial charge in [-0.05, 0) is 41.1 Å². The van der Waals surface area contributed by atoms with E-state index in [1.807, 2.05) is 6.07 Å². The Balaban J connectivity index is 2.88. The normalized spacial score (nSPS) is 10.8. The van der Waals surface area contributed by atoms with Crippen molar-refractivity contribution in [3.8, 4) is 5.75 Å². The highest BCUT2D eigenvalue weighted by Gasteiger charge is 2.05. The fourth-order valence-electron chi connectivity index (χ4n) is 1.18. The molecule has 0 amide bonds. The van der Waals surface area contributed by atoms with Crippen molar-refractivity contribution in [1.82, 2.24) is 0 Å². The van der Waals surface area contributed by atoms with Crippen molar-refractivity contribution in [2.45, 2.75) is 6.92 Å². The molecule has 62 valence electrons. The Hall–Kier alpha value is -0.540. The van der Waals surface area contributed by atoms with Gasteiger partial charge in [0, 0.05) is 19.4 Å². The van der Waals surface area contributed by atoms with E-state index in [9.17, 15) is 5.11 Å². The highest BCUT2D eigenvalue weighted by Crippen LogP contribution is 2.36. The number of fused-ring (bicyclic) bond motifs is 1. The molecule has 0 aliphatic carbocycles. The number of rotatable bonds is 0. The smallest absolute Gasteiger partial charge is 0.116 e. The molecule has 1 heterocycles. The van der Waals surface area contributed by atoms with Crippen LogP contribution in [-0.2, 0) is 0 Å². The van der Waals surface area contributed by atoms with Crippen LogP contribution in [0, 0.1) is 6.92 Å². The van der Waals surface area contributed by atoms with Gasteiger partial charge in [0.1, 0.15) is 5.75 Å². The first kappa shape index (κ1) is 8.08. The van der Waals surface area contributed by atoms with Crippen LogP contribution in [0.4, 0.5) is 0 Å². The van der Waals surface area contributed by atoms with Gasteiger partial charge in [-0.3, -0.25) is 0 Å². The van der Waals surface area contributed by atoms with E-state index in [2.05, 4.69) is 22.9 Å². The summed E-state index contributed by atoms with van der Waals surface area (Å²) >= 11 is 5.21. The van der Waals surface area contributed by atoms with Crippen molar-refractivity contribution in [2.75, 3.05) is 0 Å². The number of aromatic hydroxyl groups is 1. The topological polar surface area (TPSA) is 20.2 Å². The molecule has 0 unspecified atom stereocenters. The lowest BCUT2D eigenvalue weighted by Crippen LogP contribution is -1.65. The molecule has 1 aromatic heterocycles. The Morgan fingerprint density at radius 3 is 2.92 bits per heavy atom. The summed E-state index contributed by atoms with van der Waals surface area (Å²) in [7, 11) is 0. The summed E-state index contributed by atoms with van der Waals surface area (Å²) in [5.41, 5.74) is 0. The summed E-state index contributed by atoms with van der Waals surface area (Å²) in [6.07, 6.45) is 0. The molecule has 0 aliphatic rings. The fraction of sp³-hybridized carbons (Fsp3) is 0.111. The van der Waals surface area contributed by atoms with E-state index in [4.69, 9.17) is 0 Å². The van der Waals surface area contributed by atoms with E-state index < -0.39 is 0 Å². The molecular weight excluding hydrogens is 236 g/mol. The Bertz CT molecular complexity index is 433. The maximum absolute atomic E-state index is 9.25. The van der Waals surface area contributed by atoms with Crippen LogP contribution in [0.1, 0.15) is 4.88 Å². The zero-order valence-corrected chi connectivity index (χ0v) is 8.87. The van der Waals surface area contributed by atoms with Crippen LogP contribution in [0.3, 0.4) is 0 Å². The number of hydrogen-bond acceptors (Lipinski definition) is 2. The molecule has 0 saturated heterocycles. The van der Waals surface area contributed by atoms with E-state index >= 15 is 0 Å². The van der Waals surface area contributed by atoms with Crippen LogP contribution in [0.2, 0.25) is 0 Å². The van der Waals surface area contributed by atoms with Gasteiger partial charge in [0.05, 0.1) is 0 Å². The number of phenols is 1. The summed E-state index contributed by atoms with van der Waals surface area (Å²) in [6.45, 7) is 2.06. The zero-order valence-electron chi connectivity index (χ0n) is 6.47. The fourth-order valence-corrected chi connectivity index (χ4v) is 2.82. The third-order valence-electron chi connectivity index (χ3n) is 1.77. The van der Waals surface area contributed by atoms with E-state index in [0.717, 1.165) is 9.86 Å². The lowest BCUT2D eigenvalue weighted by molar-refractivity contribution is 0.476. The zero-order chi connectivity index (χ0) is 8.72. The van der Waals surface area contributed by atoms with E-state index in [0.29, 0.717) is 5.75 Å². The van der Waals surface area contributed by atoms with Crippen molar-refractivity contribution in [1.29, 1.82) is 0 Å². The van der Waals surface area contributed by atoms with Crippen LogP contribution in [0.5, 0.6) is 5.75 Å². The molecule has 0 radical (unpaired) electrons. The van der Waals surface area contributed by atoms with Crippen LogP contribution in [-0.4, -0.2) is 5.11 Å². The third kappa shape index (κ3) is 1.13. The second kappa shape index (κ2) is 2.75. The molecule has 1 N–H and O–H groups in total. The first-order valence-electron chi connectivity index (χ1n) is 3.56. The maximum Gasteiger partial charge on any atom is 0.116 e. The maximum atomic E-state index is 9.25. The molecule has 1 aromatic carbocycles. The van der Waals surface area contributed by atoms with Crippen LogP contribution in [0.15, 0.2) is 22.7 Å². The van der Waals surface area contributed by atoms with Crippen LogP contribution in [0.25, 0.3) is 10.1 Å². The molecule has 0 bridgehead atoms. The number of benzene rings is 1. The van der Waals surface area contributed by atoms with Crippen molar-refractivity contribution in [3.63, 3.8) is 0 Å². The lowest BCUT2D eigenvalue weighted by atomic mass is 10.2. The molecule has 12 heavy (non-hydrogen) atoms. The summed E-state index contributed by atoms with van der Waals surface area (Å²) < 4.78 is 2.30. The molecule has 0 spiro atoms. The largest absolute Gasteiger partial charge is 0.508 e. The third-order valence-corrected chi connectivity index (χ3v) is 4.14. The van der Waals surface area contributed by atoms with Crippen molar-refractivity contribution in [2.24, 2.45) is 0 Å². The van der Waals surface area contributed by atoms with Crippen molar-refractivity contribution >= 4 is 37.4 Å². The number of aryl methyl sites for hydroxylation is 1. The Morgan fingerprint density at radius 1 is 1.42 bits per heavy atom. The molecule has 2 rings (SSSR count). The Kier molecular flexibility index (Phi) is 1.85. The minimum absolute atomic E-state index is 0.320. The molecule has 0 fully saturated rings. The average molecular weight is 243 g/mol. The number of thiophene rings is 1. The molecule has 2 aromatic rings. The van der Waals surface area contributed by atoms with Gasteiger partial charge >= 0.3 is 0 Å². The van der Waals surface area contributed by atoms with E-state index in [1.165, 1.54) is 9.58 Å². The van der Waals surface area contributed by atoms with E-state index in [1.54, 1.807) is 23.5 Å².